The van der Waals surface area contributed by atoms with Crippen LogP contribution in [0.4, 0.5) is 17.5 Å². The van der Waals surface area contributed by atoms with Crippen LogP contribution in [0.25, 0.3) is 22.0 Å². The van der Waals surface area contributed by atoms with E-state index in [1.165, 1.54) is 16.7 Å². The first-order chi connectivity index (χ1) is 19.0. The number of aromatic nitrogens is 2. The molecular formula is C31H34N6O2. The quantitative estimate of drug-likeness (QED) is 0.192. The molecular weight excluding hydrogens is 488 g/mol. The number of benzene rings is 3. The minimum absolute atomic E-state index is 0.164. The lowest BCUT2D eigenvalue weighted by Crippen LogP contribution is -2.31. The van der Waals surface area contributed by atoms with Gasteiger partial charge >= 0.3 is 0 Å². The van der Waals surface area contributed by atoms with Gasteiger partial charge in [0, 0.05) is 44.2 Å². The first kappa shape index (κ1) is 25.2. The van der Waals surface area contributed by atoms with Crippen LogP contribution in [-0.2, 0) is 13.0 Å². The van der Waals surface area contributed by atoms with E-state index in [4.69, 9.17) is 9.97 Å². The second kappa shape index (κ2) is 10.6. The second-order valence-electron chi connectivity index (χ2n) is 11.0. The molecule has 8 heteroatoms. The third kappa shape index (κ3) is 5.16. The zero-order valence-electron chi connectivity index (χ0n) is 22.5. The van der Waals surface area contributed by atoms with Crippen molar-refractivity contribution in [2.24, 2.45) is 5.92 Å². The summed E-state index contributed by atoms with van der Waals surface area (Å²) in [5.41, 5.74) is 7.07. The Morgan fingerprint density at radius 1 is 0.974 bits per heavy atom. The largest absolute Gasteiger partial charge is 0.362 e. The highest BCUT2D eigenvalue weighted by Gasteiger charge is 2.25. The number of para-hydroxylation sites is 1. The van der Waals surface area contributed by atoms with Gasteiger partial charge in [-0.05, 0) is 90.6 Å². The summed E-state index contributed by atoms with van der Waals surface area (Å²) in [6, 6.07) is 20.2. The van der Waals surface area contributed by atoms with E-state index in [0.29, 0.717) is 17.9 Å². The van der Waals surface area contributed by atoms with Crippen LogP contribution < -0.4 is 15.5 Å². The molecule has 0 amide bonds. The van der Waals surface area contributed by atoms with Gasteiger partial charge in [-0.15, -0.1) is 0 Å². The van der Waals surface area contributed by atoms with E-state index >= 15 is 0 Å². The van der Waals surface area contributed by atoms with Crippen molar-refractivity contribution < 1.29 is 4.92 Å². The summed E-state index contributed by atoms with van der Waals surface area (Å²) in [6.07, 6.45) is 5.30. The van der Waals surface area contributed by atoms with Crippen LogP contribution in [0.5, 0.6) is 0 Å². The van der Waals surface area contributed by atoms with Crippen molar-refractivity contribution in [3.05, 3.63) is 87.5 Å². The number of fused-ring (bicyclic) bond motifs is 4. The topological polar surface area (TPSA) is 96.2 Å². The molecule has 2 aliphatic rings. The van der Waals surface area contributed by atoms with E-state index in [1.807, 2.05) is 43.3 Å². The van der Waals surface area contributed by atoms with Crippen LogP contribution in [-0.4, -0.2) is 41.6 Å². The number of hydrogen-bond donors (Lipinski definition) is 2. The predicted molar refractivity (Wildman–Crippen MR) is 156 cm³/mol. The lowest BCUT2D eigenvalue weighted by molar-refractivity contribution is -0.384. The third-order valence-electron chi connectivity index (χ3n) is 8.12. The average Bonchev–Trinajstić information content (AvgIpc) is 3.32. The Kier molecular flexibility index (Phi) is 6.87. The van der Waals surface area contributed by atoms with E-state index in [9.17, 15) is 10.1 Å². The van der Waals surface area contributed by atoms with E-state index in [2.05, 4.69) is 34.9 Å². The molecule has 0 spiro atoms. The molecule has 0 bridgehead atoms. The van der Waals surface area contributed by atoms with Gasteiger partial charge in [-0.3, -0.25) is 10.1 Å². The highest BCUT2D eigenvalue weighted by atomic mass is 16.6. The molecule has 0 aliphatic heterocycles. The fraction of sp³-hybridized carbons (Fsp3) is 0.355. The van der Waals surface area contributed by atoms with Gasteiger partial charge in [0.05, 0.1) is 10.4 Å². The Morgan fingerprint density at radius 2 is 1.79 bits per heavy atom. The van der Waals surface area contributed by atoms with Crippen LogP contribution in [0.1, 0.15) is 42.4 Å². The number of rotatable bonds is 8. The fourth-order valence-electron chi connectivity index (χ4n) is 6.15. The van der Waals surface area contributed by atoms with E-state index in [0.717, 1.165) is 73.0 Å². The highest BCUT2D eigenvalue weighted by molar-refractivity contribution is 5.90. The zero-order chi connectivity index (χ0) is 26.9. The van der Waals surface area contributed by atoms with Crippen molar-refractivity contribution in [3.8, 4) is 11.1 Å². The molecule has 1 aromatic heterocycles. The Morgan fingerprint density at radius 3 is 2.59 bits per heavy atom. The summed E-state index contributed by atoms with van der Waals surface area (Å²) in [5.74, 6) is 2.29. The van der Waals surface area contributed by atoms with Crippen molar-refractivity contribution in [3.63, 3.8) is 0 Å². The maximum atomic E-state index is 11.2. The molecule has 1 saturated carbocycles. The van der Waals surface area contributed by atoms with Gasteiger partial charge in [0.2, 0.25) is 5.95 Å². The molecule has 4 aromatic rings. The summed E-state index contributed by atoms with van der Waals surface area (Å²) in [5, 5.41) is 19.6. The van der Waals surface area contributed by atoms with Crippen LogP contribution >= 0.6 is 0 Å². The molecule has 0 radical (unpaired) electrons. The van der Waals surface area contributed by atoms with Gasteiger partial charge in [-0.2, -0.15) is 4.98 Å². The minimum atomic E-state index is -0.314. The number of nitro benzene ring substituents is 1. The number of nitrogens with zero attached hydrogens (tertiary/aromatic N) is 4. The molecule has 1 heterocycles. The maximum Gasteiger partial charge on any atom is 0.269 e. The fourth-order valence-corrected chi connectivity index (χ4v) is 6.15. The van der Waals surface area contributed by atoms with Gasteiger partial charge in [-0.25, -0.2) is 4.98 Å². The molecule has 200 valence electrons. The molecule has 0 unspecified atom stereocenters. The molecule has 2 aliphatic carbocycles. The van der Waals surface area contributed by atoms with E-state index < -0.39 is 0 Å². The molecule has 0 saturated heterocycles. The SMILES string of the molecule is CN(C)c1nc(NC2CCC(CNCc3cccc4c3-c3ccc([N+](=O)[O-])cc3C4)CC2)nc2ccccc12. The van der Waals surface area contributed by atoms with Crippen molar-refractivity contribution in [1.82, 2.24) is 15.3 Å². The average molecular weight is 523 g/mol. The Hall–Kier alpha value is -4.04. The molecule has 8 nitrogen and oxygen atoms in total. The van der Waals surface area contributed by atoms with E-state index in [1.54, 1.807) is 12.1 Å². The first-order valence-electron chi connectivity index (χ1n) is 13.8. The minimum Gasteiger partial charge on any atom is -0.362 e. The summed E-state index contributed by atoms with van der Waals surface area (Å²) >= 11 is 0. The molecule has 2 N–H and O–H groups in total. The molecule has 39 heavy (non-hydrogen) atoms. The first-order valence-corrected chi connectivity index (χ1v) is 13.8. The van der Waals surface area contributed by atoms with Crippen LogP contribution in [0.15, 0.2) is 60.7 Å². The normalized spacial score (nSPS) is 18.0. The monoisotopic (exact) mass is 522 g/mol. The van der Waals surface area contributed by atoms with Crippen molar-refractivity contribution >= 4 is 28.4 Å². The predicted octanol–water partition coefficient (Wildman–Crippen LogP) is 5.94. The van der Waals surface area contributed by atoms with Crippen LogP contribution in [0.3, 0.4) is 0 Å². The number of anilines is 2. The third-order valence-corrected chi connectivity index (χ3v) is 8.12. The highest BCUT2D eigenvalue weighted by Crippen LogP contribution is 2.40. The molecule has 1 fully saturated rings. The van der Waals surface area contributed by atoms with Crippen molar-refractivity contribution in [1.29, 1.82) is 0 Å². The Balaban J connectivity index is 1.04. The smallest absolute Gasteiger partial charge is 0.269 e. The Bertz CT molecular complexity index is 1530. The number of nitrogens with one attached hydrogen (secondary N) is 2. The van der Waals surface area contributed by atoms with Crippen molar-refractivity contribution in [2.75, 3.05) is 30.9 Å². The lowest BCUT2D eigenvalue weighted by atomic mass is 9.86. The lowest BCUT2D eigenvalue weighted by Gasteiger charge is -2.29. The Labute approximate surface area is 228 Å². The van der Waals surface area contributed by atoms with Gasteiger partial charge in [0.1, 0.15) is 5.82 Å². The van der Waals surface area contributed by atoms with E-state index in [-0.39, 0.29) is 10.6 Å². The van der Waals surface area contributed by atoms with Gasteiger partial charge in [0.25, 0.3) is 5.69 Å². The standard InChI is InChI=1S/C31H34N6O2/c1-36(2)30-27-8-3-4-9-28(27)34-31(35-30)33-24-12-10-20(11-13-24)18-32-19-22-7-5-6-21-16-23-17-25(37(38)39)14-15-26(23)29(21)22/h3-9,14-15,17,20,24,32H,10-13,16,18-19H2,1-2H3,(H,33,34,35). The van der Waals surface area contributed by atoms with Crippen LogP contribution in [0.2, 0.25) is 0 Å². The zero-order valence-corrected chi connectivity index (χ0v) is 22.5. The number of nitro groups is 1. The molecule has 3 aromatic carbocycles. The summed E-state index contributed by atoms with van der Waals surface area (Å²) in [6.45, 7) is 1.79. The molecule has 0 atom stereocenters. The second-order valence-corrected chi connectivity index (χ2v) is 11.0. The summed E-state index contributed by atoms with van der Waals surface area (Å²) in [7, 11) is 4.04. The number of non-ortho nitro benzene ring substituents is 1. The van der Waals surface area contributed by atoms with Gasteiger partial charge < -0.3 is 15.5 Å². The van der Waals surface area contributed by atoms with Crippen LogP contribution in [0, 0.1) is 16.0 Å². The van der Waals surface area contributed by atoms with Gasteiger partial charge in [-0.1, -0.05) is 30.3 Å². The molecule has 6 rings (SSSR count). The maximum absolute atomic E-state index is 11.2. The van der Waals surface area contributed by atoms with Crippen molar-refractivity contribution in [2.45, 2.75) is 44.7 Å². The summed E-state index contributed by atoms with van der Waals surface area (Å²) in [4.78, 5) is 22.5. The summed E-state index contributed by atoms with van der Waals surface area (Å²) < 4.78 is 0. The number of hydrogen-bond acceptors (Lipinski definition) is 7. The van der Waals surface area contributed by atoms with Gasteiger partial charge in [0.15, 0.2) is 0 Å².